The number of nitriles is 1. The summed E-state index contributed by atoms with van der Waals surface area (Å²) in [4.78, 5) is 33.0. The van der Waals surface area contributed by atoms with E-state index >= 15 is 0 Å². The van der Waals surface area contributed by atoms with Crippen LogP contribution in [0.3, 0.4) is 0 Å². The van der Waals surface area contributed by atoms with E-state index in [0.29, 0.717) is 21.3 Å². The Balaban J connectivity index is 2.24. The fourth-order valence-electron chi connectivity index (χ4n) is 4.08. The molecule has 0 radical (unpaired) electrons. The minimum atomic E-state index is -0.251. The lowest BCUT2D eigenvalue weighted by atomic mass is 10.0. The highest BCUT2D eigenvalue weighted by Crippen LogP contribution is 2.37. The minimum Gasteiger partial charge on any atom is -0.355 e. The van der Waals surface area contributed by atoms with Crippen LogP contribution < -0.4 is 10.5 Å². The Labute approximate surface area is 199 Å². The zero-order chi connectivity index (χ0) is 23.6. The molecule has 0 saturated carbocycles. The molecule has 1 aromatic rings. The van der Waals surface area contributed by atoms with Gasteiger partial charge in [0.05, 0.1) is 4.91 Å². The molecule has 3 heterocycles. The van der Waals surface area contributed by atoms with Gasteiger partial charge >= 0.3 is 0 Å². The van der Waals surface area contributed by atoms with Gasteiger partial charge in [-0.2, -0.15) is 5.26 Å². The number of likely N-dealkylation sites (N-methyl/N-ethyl adjacent to an activating group) is 1. The highest BCUT2D eigenvalue weighted by molar-refractivity contribution is 8.26. The van der Waals surface area contributed by atoms with E-state index in [4.69, 9.17) is 12.2 Å². The molecule has 1 amide bonds. The van der Waals surface area contributed by atoms with Crippen molar-refractivity contribution in [3.8, 4) is 6.07 Å². The fraction of sp³-hybridized carbons (Fsp3) is 0.565. The molecule has 0 atom stereocenters. The smallest absolute Gasteiger partial charge is 0.270 e. The Kier molecular flexibility index (Phi) is 7.80. The van der Waals surface area contributed by atoms with Gasteiger partial charge in [0.2, 0.25) is 0 Å². The molecule has 0 N–H and O–H groups in total. The van der Waals surface area contributed by atoms with Gasteiger partial charge in [-0.25, -0.2) is 0 Å². The average Bonchev–Trinajstić information content (AvgIpc) is 3.03. The minimum absolute atomic E-state index is 0.0280. The van der Waals surface area contributed by atoms with Crippen LogP contribution in [-0.4, -0.2) is 63.9 Å². The molecule has 2 saturated heterocycles. The Hall–Kier alpha value is -2.15. The Morgan fingerprint density at radius 1 is 1.22 bits per heavy atom. The number of amides is 1. The van der Waals surface area contributed by atoms with Gasteiger partial charge in [0.25, 0.3) is 11.5 Å². The van der Waals surface area contributed by atoms with E-state index in [1.165, 1.54) is 11.8 Å². The van der Waals surface area contributed by atoms with Crippen LogP contribution in [0.2, 0.25) is 0 Å². The van der Waals surface area contributed by atoms with Crippen LogP contribution in [0.25, 0.3) is 6.08 Å². The molecule has 3 rings (SSSR count). The number of carbonyl (C=O) groups excluding carboxylic acids is 1. The topological polar surface area (TPSA) is 72.6 Å². The summed E-state index contributed by atoms with van der Waals surface area (Å²) in [6.45, 7) is 11.6. The number of hydrogen-bond acceptors (Lipinski definition) is 7. The van der Waals surface area contributed by atoms with Crippen molar-refractivity contribution in [2.45, 2.75) is 53.1 Å². The number of piperazine rings is 1. The third kappa shape index (κ3) is 4.63. The summed E-state index contributed by atoms with van der Waals surface area (Å²) in [6, 6.07) is 2.08. The van der Waals surface area contributed by atoms with Crippen LogP contribution in [0.5, 0.6) is 0 Å². The van der Waals surface area contributed by atoms with E-state index in [1.807, 2.05) is 19.9 Å². The van der Waals surface area contributed by atoms with E-state index < -0.39 is 0 Å². The average molecular weight is 474 g/mol. The largest absolute Gasteiger partial charge is 0.355 e. The summed E-state index contributed by atoms with van der Waals surface area (Å²) in [5.74, 6) is 0.686. The molecule has 2 aliphatic heterocycles. The molecule has 7 nitrogen and oxygen atoms in total. The van der Waals surface area contributed by atoms with Crippen LogP contribution >= 0.6 is 24.0 Å². The Morgan fingerprint density at radius 3 is 2.41 bits per heavy atom. The van der Waals surface area contributed by atoms with E-state index in [-0.39, 0.29) is 23.1 Å². The Morgan fingerprint density at radius 2 is 1.88 bits per heavy atom. The molecular formula is C23H31N5O2S2. The number of thiocarbonyl (C=S) groups is 1. The molecule has 0 aliphatic carbocycles. The second-order valence-electron chi connectivity index (χ2n) is 8.60. The van der Waals surface area contributed by atoms with Crippen molar-refractivity contribution in [2.75, 3.05) is 38.1 Å². The quantitative estimate of drug-likeness (QED) is 0.464. The van der Waals surface area contributed by atoms with Gasteiger partial charge in [0.15, 0.2) is 0 Å². The number of pyridine rings is 1. The maximum absolute atomic E-state index is 13.3. The number of nitrogens with zero attached hydrogens (tertiary/aromatic N) is 5. The molecule has 0 aromatic carbocycles. The first-order valence-corrected chi connectivity index (χ1v) is 12.3. The number of thioether (sulfide) groups is 1. The summed E-state index contributed by atoms with van der Waals surface area (Å²) < 4.78 is 2.28. The van der Waals surface area contributed by atoms with Crippen molar-refractivity contribution in [1.29, 1.82) is 5.26 Å². The third-order valence-corrected chi connectivity index (χ3v) is 7.33. The van der Waals surface area contributed by atoms with Crippen molar-refractivity contribution in [2.24, 2.45) is 0 Å². The molecule has 2 aliphatic rings. The van der Waals surface area contributed by atoms with Crippen LogP contribution in [-0.2, 0) is 11.3 Å². The molecule has 0 spiro atoms. The normalized spacial score (nSPS) is 18.8. The van der Waals surface area contributed by atoms with Crippen LogP contribution in [0.4, 0.5) is 5.82 Å². The van der Waals surface area contributed by atoms with Crippen LogP contribution in [0, 0.1) is 18.3 Å². The summed E-state index contributed by atoms with van der Waals surface area (Å²) in [7, 11) is 2.09. The van der Waals surface area contributed by atoms with Crippen molar-refractivity contribution in [1.82, 2.24) is 14.4 Å². The monoisotopic (exact) mass is 473 g/mol. The first kappa shape index (κ1) is 24.5. The molecular weight excluding hydrogens is 442 g/mol. The maximum atomic E-state index is 13.3. The van der Waals surface area contributed by atoms with Crippen LogP contribution in [0.15, 0.2) is 9.70 Å². The fourth-order valence-corrected chi connectivity index (χ4v) is 5.59. The lowest BCUT2D eigenvalue weighted by Gasteiger charge is -2.36. The lowest BCUT2D eigenvalue weighted by Crippen LogP contribution is -2.47. The van der Waals surface area contributed by atoms with Gasteiger partial charge < -0.3 is 9.80 Å². The van der Waals surface area contributed by atoms with Crippen molar-refractivity contribution in [3.63, 3.8) is 0 Å². The Bertz CT molecular complexity index is 1050. The standard InChI is InChI=1S/C23H31N5O2S2/c1-6-7-8-27-20(26-11-9-25(5)10-12-26)17(16(4)18(14-24)21(27)29)13-19-22(30)28(15(2)3)23(31)32-19/h13,15H,6-12H2,1-5H3/b19-13-. The van der Waals surface area contributed by atoms with Gasteiger partial charge in [0.1, 0.15) is 21.8 Å². The first-order valence-electron chi connectivity index (χ1n) is 11.1. The highest BCUT2D eigenvalue weighted by Gasteiger charge is 2.35. The van der Waals surface area contributed by atoms with Gasteiger partial charge in [-0.3, -0.25) is 19.1 Å². The molecule has 9 heteroatoms. The maximum Gasteiger partial charge on any atom is 0.270 e. The predicted octanol–water partition coefficient (Wildman–Crippen LogP) is 3.19. The molecule has 32 heavy (non-hydrogen) atoms. The zero-order valence-corrected chi connectivity index (χ0v) is 21.1. The predicted molar refractivity (Wildman–Crippen MR) is 135 cm³/mol. The van der Waals surface area contributed by atoms with Crippen molar-refractivity contribution >= 4 is 46.1 Å². The summed E-state index contributed by atoms with van der Waals surface area (Å²) in [6.07, 6.45) is 3.61. The number of rotatable bonds is 6. The SMILES string of the molecule is CCCCn1c(N2CCN(C)CC2)c(/C=C2\SC(=S)N(C(C)C)C2=O)c(C)c(C#N)c1=O. The van der Waals surface area contributed by atoms with Crippen LogP contribution in [0.1, 0.15) is 50.3 Å². The molecule has 1 aromatic heterocycles. The number of hydrogen-bond donors (Lipinski definition) is 0. The summed E-state index contributed by atoms with van der Waals surface area (Å²) in [5, 5.41) is 9.77. The third-order valence-electron chi connectivity index (χ3n) is 6.00. The molecule has 0 unspecified atom stereocenters. The van der Waals surface area contributed by atoms with Gasteiger partial charge in [0, 0.05) is 44.3 Å². The van der Waals surface area contributed by atoms with Crippen molar-refractivity contribution in [3.05, 3.63) is 31.9 Å². The van der Waals surface area contributed by atoms with E-state index in [0.717, 1.165) is 50.4 Å². The first-order chi connectivity index (χ1) is 15.2. The van der Waals surface area contributed by atoms with Gasteiger partial charge in [-0.15, -0.1) is 0 Å². The van der Waals surface area contributed by atoms with Gasteiger partial charge in [-0.05, 0) is 45.9 Å². The molecule has 0 bridgehead atoms. The van der Waals surface area contributed by atoms with Crippen molar-refractivity contribution < 1.29 is 4.79 Å². The van der Waals surface area contributed by atoms with E-state index in [2.05, 4.69) is 29.8 Å². The number of aromatic nitrogens is 1. The van der Waals surface area contributed by atoms with E-state index in [9.17, 15) is 14.9 Å². The summed E-state index contributed by atoms with van der Waals surface area (Å²) in [5.41, 5.74) is 1.28. The second-order valence-corrected chi connectivity index (χ2v) is 10.3. The number of anilines is 1. The summed E-state index contributed by atoms with van der Waals surface area (Å²) >= 11 is 6.73. The molecule has 172 valence electrons. The highest BCUT2D eigenvalue weighted by atomic mass is 32.2. The lowest BCUT2D eigenvalue weighted by molar-refractivity contribution is -0.123. The number of carbonyl (C=O) groups is 1. The zero-order valence-electron chi connectivity index (χ0n) is 19.5. The van der Waals surface area contributed by atoms with E-state index in [1.54, 1.807) is 16.4 Å². The van der Waals surface area contributed by atoms with Gasteiger partial charge in [-0.1, -0.05) is 37.3 Å². The number of unbranched alkanes of at least 4 members (excludes halogenated alkanes) is 1. The molecule has 2 fully saturated rings. The second kappa shape index (κ2) is 10.2.